The van der Waals surface area contributed by atoms with E-state index in [0.717, 1.165) is 5.56 Å². The van der Waals surface area contributed by atoms with Crippen LogP contribution in [0.2, 0.25) is 0 Å². The molecule has 22 heavy (non-hydrogen) atoms. The van der Waals surface area contributed by atoms with Gasteiger partial charge < -0.3 is 5.11 Å². The van der Waals surface area contributed by atoms with Gasteiger partial charge in [0.25, 0.3) is 3.67 Å². The van der Waals surface area contributed by atoms with Crippen LogP contribution in [0, 0.1) is 0 Å². The first-order chi connectivity index (χ1) is 10.4. The van der Waals surface area contributed by atoms with E-state index in [9.17, 15) is 13.5 Å². The van der Waals surface area contributed by atoms with E-state index in [2.05, 4.69) is 0 Å². The third-order valence-electron chi connectivity index (χ3n) is 3.03. The third-order valence-corrected chi connectivity index (χ3v) is 6.54. The Kier molecular flexibility index (Phi) is 5.29. The van der Waals surface area contributed by atoms with Crippen molar-refractivity contribution >= 4 is 39.1 Å². The molecule has 0 aliphatic carbocycles. The van der Waals surface area contributed by atoms with Crippen LogP contribution in [-0.2, 0) is 9.84 Å². The van der Waals surface area contributed by atoms with Gasteiger partial charge in [0.2, 0.25) is 9.84 Å². The number of aliphatic hydroxyl groups excluding tert-OH is 1. The Morgan fingerprint density at radius 1 is 0.955 bits per heavy atom. The summed E-state index contributed by atoms with van der Waals surface area (Å²) in [6, 6.07) is 16.6. The minimum absolute atomic E-state index is 0.0489. The van der Waals surface area contributed by atoms with Crippen molar-refractivity contribution in [3.63, 3.8) is 0 Å². The maximum absolute atomic E-state index is 12.4. The quantitative estimate of drug-likeness (QED) is 0.831. The number of benzene rings is 2. The van der Waals surface area contributed by atoms with Crippen molar-refractivity contribution in [3.05, 3.63) is 72.3 Å². The second-order valence-electron chi connectivity index (χ2n) is 4.59. The van der Waals surface area contributed by atoms with Gasteiger partial charge in [-0.25, -0.2) is 8.42 Å². The van der Waals surface area contributed by atoms with Crippen LogP contribution in [0.15, 0.2) is 71.6 Å². The number of aliphatic hydroxyl groups is 1. The van der Waals surface area contributed by atoms with Crippen molar-refractivity contribution in [2.75, 3.05) is 0 Å². The number of hydrogen-bond acceptors (Lipinski definition) is 3. The van der Waals surface area contributed by atoms with Crippen LogP contribution in [0.5, 0.6) is 0 Å². The molecule has 0 bridgehead atoms. The maximum Gasteiger partial charge on any atom is 0.251 e. The summed E-state index contributed by atoms with van der Waals surface area (Å²) in [5.41, 5.74) is 0.794. The number of alkyl halides is 2. The van der Waals surface area contributed by atoms with Gasteiger partial charge in [-0.05, 0) is 17.7 Å². The average Bonchev–Trinajstić information content (AvgIpc) is 2.54. The minimum atomic E-state index is -4.11. The number of sulfone groups is 1. The summed E-state index contributed by atoms with van der Waals surface area (Å²) in [5.74, 6) is 0. The van der Waals surface area contributed by atoms with E-state index >= 15 is 0 Å². The number of halogens is 2. The Bertz CT molecular complexity index is 741. The van der Waals surface area contributed by atoms with Crippen LogP contribution in [0.3, 0.4) is 0 Å². The fourth-order valence-electron chi connectivity index (χ4n) is 1.79. The lowest BCUT2D eigenvalue weighted by atomic mass is 10.2. The molecule has 1 atom stereocenters. The smallest absolute Gasteiger partial charge is 0.251 e. The molecule has 2 rings (SSSR count). The molecule has 1 unspecified atom stereocenters. The molecule has 2 aromatic carbocycles. The number of hydrogen-bond donors (Lipinski definition) is 1. The first kappa shape index (κ1) is 17.0. The van der Waals surface area contributed by atoms with Crippen LogP contribution in [0.25, 0.3) is 6.08 Å². The fraction of sp³-hybridized carbons (Fsp3) is 0.125. The minimum Gasteiger partial charge on any atom is -0.385 e. The summed E-state index contributed by atoms with van der Waals surface area (Å²) in [7, 11) is -4.11. The van der Waals surface area contributed by atoms with Gasteiger partial charge in [0, 0.05) is 0 Å². The van der Waals surface area contributed by atoms with Gasteiger partial charge in [-0.15, -0.1) is 0 Å². The van der Waals surface area contributed by atoms with Gasteiger partial charge in [0.1, 0.15) is 6.10 Å². The van der Waals surface area contributed by atoms with E-state index in [1.54, 1.807) is 36.4 Å². The van der Waals surface area contributed by atoms with Crippen LogP contribution < -0.4 is 0 Å². The summed E-state index contributed by atoms with van der Waals surface area (Å²) >= 11 is 11.9. The summed E-state index contributed by atoms with van der Waals surface area (Å²) < 4.78 is 22.5. The molecule has 0 saturated carbocycles. The normalized spacial score (nSPS) is 14.1. The molecule has 0 radical (unpaired) electrons. The van der Waals surface area contributed by atoms with Crippen LogP contribution in [0.1, 0.15) is 5.56 Å². The summed E-state index contributed by atoms with van der Waals surface area (Å²) in [6.45, 7) is 0. The van der Waals surface area contributed by atoms with Gasteiger partial charge in [-0.2, -0.15) is 0 Å². The molecule has 0 aromatic heterocycles. The van der Waals surface area contributed by atoms with E-state index < -0.39 is 19.6 Å². The van der Waals surface area contributed by atoms with Crippen LogP contribution >= 0.6 is 23.2 Å². The maximum atomic E-state index is 12.4. The van der Waals surface area contributed by atoms with Gasteiger partial charge >= 0.3 is 0 Å². The lowest BCUT2D eigenvalue weighted by molar-refractivity contribution is 0.227. The van der Waals surface area contributed by atoms with E-state index in [4.69, 9.17) is 23.2 Å². The Morgan fingerprint density at radius 3 is 2.00 bits per heavy atom. The highest BCUT2D eigenvalue weighted by Crippen LogP contribution is 2.37. The van der Waals surface area contributed by atoms with Crippen LogP contribution in [0.4, 0.5) is 0 Å². The summed E-state index contributed by atoms with van der Waals surface area (Å²) in [6.07, 6.45) is 1.24. The first-order valence-corrected chi connectivity index (χ1v) is 8.68. The largest absolute Gasteiger partial charge is 0.385 e. The molecule has 3 nitrogen and oxygen atoms in total. The molecule has 0 fully saturated rings. The van der Waals surface area contributed by atoms with Crippen molar-refractivity contribution < 1.29 is 13.5 Å². The molecule has 0 amide bonds. The fourth-order valence-corrected chi connectivity index (χ4v) is 3.70. The first-order valence-electron chi connectivity index (χ1n) is 6.44. The van der Waals surface area contributed by atoms with E-state index in [1.807, 2.05) is 18.2 Å². The Morgan fingerprint density at radius 2 is 1.45 bits per heavy atom. The molecule has 0 heterocycles. The molecular formula is C16H14Cl2O3S. The Balaban J connectivity index is 2.28. The zero-order valence-corrected chi connectivity index (χ0v) is 13.8. The van der Waals surface area contributed by atoms with E-state index in [-0.39, 0.29) is 4.90 Å². The standard InChI is InChI=1S/C16H14Cl2O3S/c17-16(18,22(20,21)14-9-5-2-6-10-14)15(19)12-11-13-7-3-1-4-8-13/h1-12,15,19H/b12-11+. The Hall–Kier alpha value is -1.33. The van der Waals surface area contributed by atoms with Crippen molar-refractivity contribution in [2.24, 2.45) is 0 Å². The molecular weight excluding hydrogens is 343 g/mol. The molecule has 116 valence electrons. The highest BCUT2D eigenvalue weighted by atomic mass is 35.5. The summed E-state index contributed by atoms with van der Waals surface area (Å²) in [4.78, 5) is -0.0489. The van der Waals surface area contributed by atoms with Gasteiger partial charge in [0.05, 0.1) is 4.90 Å². The van der Waals surface area contributed by atoms with Crippen molar-refractivity contribution in [1.29, 1.82) is 0 Å². The summed E-state index contributed by atoms with van der Waals surface area (Å²) in [5, 5.41) is 10.1. The average molecular weight is 357 g/mol. The van der Waals surface area contributed by atoms with Crippen molar-refractivity contribution in [1.82, 2.24) is 0 Å². The van der Waals surface area contributed by atoms with Gasteiger partial charge in [-0.1, -0.05) is 83.9 Å². The molecule has 0 aliphatic heterocycles. The third kappa shape index (κ3) is 3.52. The lowest BCUT2D eigenvalue weighted by Crippen LogP contribution is -2.38. The zero-order chi connectivity index (χ0) is 16.2. The SMILES string of the molecule is O=S(=O)(c1ccccc1)C(Cl)(Cl)C(O)/C=C/c1ccccc1. The molecule has 2 aromatic rings. The van der Waals surface area contributed by atoms with Crippen molar-refractivity contribution in [2.45, 2.75) is 14.7 Å². The number of rotatable bonds is 5. The highest BCUT2D eigenvalue weighted by Gasteiger charge is 2.46. The zero-order valence-electron chi connectivity index (χ0n) is 11.4. The van der Waals surface area contributed by atoms with Gasteiger partial charge in [-0.3, -0.25) is 0 Å². The molecule has 1 N–H and O–H groups in total. The molecule has 0 aliphatic rings. The van der Waals surface area contributed by atoms with E-state index in [1.165, 1.54) is 18.2 Å². The molecule has 0 spiro atoms. The van der Waals surface area contributed by atoms with Crippen molar-refractivity contribution in [3.8, 4) is 0 Å². The molecule has 0 saturated heterocycles. The van der Waals surface area contributed by atoms with E-state index in [0.29, 0.717) is 0 Å². The second kappa shape index (κ2) is 6.84. The Labute approximate surface area is 139 Å². The monoisotopic (exact) mass is 356 g/mol. The predicted octanol–water partition coefficient (Wildman–Crippen LogP) is 3.67. The topological polar surface area (TPSA) is 54.4 Å². The van der Waals surface area contributed by atoms with Gasteiger partial charge in [0.15, 0.2) is 0 Å². The predicted molar refractivity (Wildman–Crippen MR) is 89.5 cm³/mol. The lowest BCUT2D eigenvalue weighted by Gasteiger charge is -2.23. The molecule has 6 heteroatoms. The van der Waals surface area contributed by atoms with Crippen LogP contribution in [-0.4, -0.2) is 23.3 Å². The highest BCUT2D eigenvalue weighted by molar-refractivity contribution is 7.95. The second-order valence-corrected chi connectivity index (χ2v) is 8.55.